The molecule has 4 rings (SSSR count). The van der Waals surface area contributed by atoms with Crippen LogP contribution in [0.4, 0.5) is 0 Å². The Morgan fingerprint density at radius 2 is 2.43 bits per heavy atom. The van der Waals surface area contributed by atoms with Crippen molar-refractivity contribution in [3.8, 4) is 0 Å². The van der Waals surface area contributed by atoms with Gasteiger partial charge in [-0.1, -0.05) is 6.07 Å². The van der Waals surface area contributed by atoms with Crippen molar-refractivity contribution in [3.63, 3.8) is 0 Å². The van der Waals surface area contributed by atoms with E-state index in [1.165, 1.54) is 5.56 Å². The van der Waals surface area contributed by atoms with Crippen LogP contribution in [0.2, 0.25) is 0 Å². The number of rotatable bonds is 4. The third-order valence-corrected chi connectivity index (χ3v) is 5.25. The van der Waals surface area contributed by atoms with Gasteiger partial charge in [-0.05, 0) is 18.1 Å². The SMILES string of the molecule is O=C(C[C@]12COC[C@H]1CN(Cc1cccnc1)C2)N1CCCO1. The van der Waals surface area contributed by atoms with E-state index in [1.807, 2.05) is 12.3 Å². The lowest BCUT2D eigenvalue weighted by atomic mass is 9.78. The molecule has 0 N–H and O–H groups in total. The Morgan fingerprint density at radius 1 is 1.48 bits per heavy atom. The molecule has 3 fully saturated rings. The van der Waals surface area contributed by atoms with Crippen molar-refractivity contribution in [1.82, 2.24) is 14.9 Å². The average molecular weight is 317 g/mol. The zero-order valence-corrected chi connectivity index (χ0v) is 13.3. The summed E-state index contributed by atoms with van der Waals surface area (Å²) in [5.41, 5.74) is 1.17. The van der Waals surface area contributed by atoms with Crippen LogP contribution in [0.1, 0.15) is 18.4 Å². The van der Waals surface area contributed by atoms with Crippen LogP contribution in [0.15, 0.2) is 24.5 Å². The number of fused-ring (bicyclic) bond motifs is 1. The molecule has 0 aliphatic carbocycles. The Balaban J connectivity index is 1.43. The molecule has 3 aliphatic rings. The van der Waals surface area contributed by atoms with E-state index in [2.05, 4.69) is 16.0 Å². The number of amides is 1. The summed E-state index contributed by atoms with van der Waals surface area (Å²) in [7, 11) is 0. The molecule has 0 saturated carbocycles. The van der Waals surface area contributed by atoms with Crippen LogP contribution >= 0.6 is 0 Å². The quantitative estimate of drug-likeness (QED) is 0.832. The first-order valence-corrected chi connectivity index (χ1v) is 8.37. The van der Waals surface area contributed by atoms with Crippen molar-refractivity contribution < 1.29 is 14.4 Å². The number of ether oxygens (including phenoxy) is 1. The Kier molecular flexibility index (Phi) is 4.05. The predicted molar refractivity (Wildman–Crippen MR) is 83.2 cm³/mol. The maximum Gasteiger partial charge on any atom is 0.246 e. The maximum absolute atomic E-state index is 12.5. The lowest BCUT2D eigenvalue weighted by Crippen LogP contribution is -2.38. The summed E-state index contributed by atoms with van der Waals surface area (Å²) in [4.78, 5) is 24.6. The molecule has 23 heavy (non-hydrogen) atoms. The molecule has 1 amide bonds. The molecule has 3 saturated heterocycles. The van der Waals surface area contributed by atoms with Crippen molar-refractivity contribution in [2.75, 3.05) is 39.5 Å². The highest BCUT2D eigenvalue weighted by Crippen LogP contribution is 2.44. The number of carbonyl (C=O) groups excluding carboxylic acids is 1. The lowest BCUT2D eigenvalue weighted by Gasteiger charge is -2.28. The van der Waals surface area contributed by atoms with Gasteiger partial charge in [-0.15, -0.1) is 0 Å². The summed E-state index contributed by atoms with van der Waals surface area (Å²) < 4.78 is 5.73. The normalized spacial score (nSPS) is 30.8. The van der Waals surface area contributed by atoms with Gasteiger partial charge in [0, 0.05) is 49.8 Å². The minimum absolute atomic E-state index is 0.0504. The van der Waals surface area contributed by atoms with Crippen LogP contribution in [0.25, 0.3) is 0 Å². The van der Waals surface area contributed by atoms with Gasteiger partial charge in [-0.3, -0.25) is 19.5 Å². The summed E-state index contributed by atoms with van der Waals surface area (Å²) in [5.74, 6) is 0.548. The van der Waals surface area contributed by atoms with Crippen molar-refractivity contribution in [2.45, 2.75) is 19.4 Å². The van der Waals surface area contributed by atoms with E-state index < -0.39 is 0 Å². The topological polar surface area (TPSA) is 54.9 Å². The lowest BCUT2D eigenvalue weighted by molar-refractivity contribution is -0.171. The number of hydrogen-bond acceptors (Lipinski definition) is 5. The molecular formula is C17H23N3O3. The molecule has 1 aromatic heterocycles. The van der Waals surface area contributed by atoms with E-state index in [9.17, 15) is 4.79 Å². The Labute approximate surface area is 136 Å². The minimum atomic E-state index is -0.0504. The number of hydroxylamine groups is 2. The van der Waals surface area contributed by atoms with Gasteiger partial charge in [0.05, 0.1) is 26.4 Å². The summed E-state index contributed by atoms with van der Waals surface area (Å²) in [5, 5.41) is 1.55. The second-order valence-corrected chi connectivity index (χ2v) is 6.96. The smallest absolute Gasteiger partial charge is 0.246 e. The number of carbonyl (C=O) groups is 1. The monoisotopic (exact) mass is 317 g/mol. The molecule has 0 aromatic carbocycles. The Bertz CT molecular complexity index is 561. The standard InChI is InChI=1S/C17H23N3O3/c21-16(20-5-2-6-23-20)7-17-12-19(10-15(17)11-22-13-17)9-14-3-1-4-18-8-14/h1,3-4,8,15H,2,5-7,9-13H2/t15-,17+/m1/s1. The molecular weight excluding hydrogens is 294 g/mol. The molecule has 2 atom stereocenters. The highest BCUT2D eigenvalue weighted by Gasteiger charge is 2.52. The van der Waals surface area contributed by atoms with Crippen LogP contribution < -0.4 is 0 Å². The zero-order valence-electron chi connectivity index (χ0n) is 13.3. The van der Waals surface area contributed by atoms with Gasteiger partial charge in [0.1, 0.15) is 0 Å². The van der Waals surface area contributed by atoms with Gasteiger partial charge < -0.3 is 4.74 Å². The summed E-state index contributed by atoms with van der Waals surface area (Å²) >= 11 is 0. The van der Waals surface area contributed by atoms with E-state index in [-0.39, 0.29) is 11.3 Å². The van der Waals surface area contributed by atoms with E-state index in [0.717, 1.165) is 39.2 Å². The number of nitrogens with zero attached hydrogens (tertiary/aromatic N) is 3. The van der Waals surface area contributed by atoms with Gasteiger partial charge in [0.2, 0.25) is 5.91 Å². The first kappa shape index (κ1) is 15.1. The van der Waals surface area contributed by atoms with Crippen molar-refractivity contribution in [1.29, 1.82) is 0 Å². The highest BCUT2D eigenvalue weighted by molar-refractivity contribution is 5.76. The third kappa shape index (κ3) is 2.98. The number of hydrogen-bond donors (Lipinski definition) is 0. The van der Waals surface area contributed by atoms with Crippen LogP contribution in [0.5, 0.6) is 0 Å². The molecule has 0 spiro atoms. The fourth-order valence-electron chi connectivity index (χ4n) is 4.10. The van der Waals surface area contributed by atoms with Gasteiger partial charge in [-0.25, -0.2) is 5.06 Å². The summed E-state index contributed by atoms with van der Waals surface area (Å²) in [6.45, 7) is 5.61. The molecule has 124 valence electrons. The van der Waals surface area contributed by atoms with Crippen LogP contribution in [0.3, 0.4) is 0 Å². The molecule has 0 unspecified atom stereocenters. The molecule has 0 bridgehead atoms. The maximum atomic E-state index is 12.5. The number of pyridine rings is 1. The largest absolute Gasteiger partial charge is 0.380 e. The Hall–Kier alpha value is -1.50. The van der Waals surface area contributed by atoms with E-state index >= 15 is 0 Å². The van der Waals surface area contributed by atoms with Crippen molar-refractivity contribution >= 4 is 5.91 Å². The summed E-state index contributed by atoms with van der Waals surface area (Å²) in [6, 6.07) is 4.08. The van der Waals surface area contributed by atoms with Crippen LogP contribution in [-0.4, -0.2) is 60.3 Å². The highest BCUT2D eigenvalue weighted by atomic mass is 16.7. The van der Waals surface area contributed by atoms with Gasteiger partial charge >= 0.3 is 0 Å². The Morgan fingerprint density at radius 3 is 3.22 bits per heavy atom. The van der Waals surface area contributed by atoms with E-state index in [0.29, 0.717) is 25.6 Å². The van der Waals surface area contributed by atoms with E-state index in [1.54, 1.807) is 11.3 Å². The van der Waals surface area contributed by atoms with Gasteiger partial charge in [-0.2, -0.15) is 0 Å². The first-order valence-electron chi connectivity index (χ1n) is 8.37. The summed E-state index contributed by atoms with van der Waals surface area (Å²) in [6.07, 6.45) is 5.18. The first-order chi connectivity index (χ1) is 11.3. The van der Waals surface area contributed by atoms with Crippen molar-refractivity contribution in [2.24, 2.45) is 11.3 Å². The molecule has 6 nitrogen and oxygen atoms in total. The number of likely N-dealkylation sites (tertiary alicyclic amines) is 1. The molecule has 3 aliphatic heterocycles. The molecule has 6 heteroatoms. The van der Waals surface area contributed by atoms with Crippen LogP contribution in [0, 0.1) is 11.3 Å². The van der Waals surface area contributed by atoms with Gasteiger partial charge in [0.15, 0.2) is 0 Å². The third-order valence-electron chi connectivity index (χ3n) is 5.25. The van der Waals surface area contributed by atoms with Crippen LogP contribution in [-0.2, 0) is 20.9 Å². The van der Waals surface area contributed by atoms with E-state index in [4.69, 9.17) is 9.57 Å². The second-order valence-electron chi connectivity index (χ2n) is 6.96. The zero-order chi connectivity index (χ0) is 15.7. The molecule has 1 aromatic rings. The fourth-order valence-corrected chi connectivity index (χ4v) is 4.10. The fraction of sp³-hybridized carbons (Fsp3) is 0.647. The molecule has 0 radical (unpaired) electrons. The van der Waals surface area contributed by atoms with Gasteiger partial charge in [0.25, 0.3) is 0 Å². The molecule has 4 heterocycles. The van der Waals surface area contributed by atoms with Crippen molar-refractivity contribution in [3.05, 3.63) is 30.1 Å². The second kappa shape index (κ2) is 6.19. The number of aromatic nitrogens is 1. The predicted octanol–water partition coefficient (Wildman–Crippen LogP) is 1.08. The minimum Gasteiger partial charge on any atom is -0.380 e. The average Bonchev–Trinajstić information content (AvgIpc) is 3.23.